The molecule has 0 bridgehead atoms. The molecule has 0 atom stereocenters. The van der Waals surface area contributed by atoms with E-state index >= 15 is 0 Å². The lowest BCUT2D eigenvalue weighted by atomic mass is 10.0. The first-order valence-electron chi connectivity index (χ1n) is 5.34. The van der Waals surface area contributed by atoms with Crippen LogP contribution in [0.4, 0.5) is 0 Å². The Bertz CT molecular complexity index is 609. The van der Waals surface area contributed by atoms with Gasteiger partial charge in [0, 0.05) is 0 Å². The van der Waals surface area contributed by atoms with Crippen LogP contribution in [0.25, 0.3) is 0 Å². The minimum Gasteiger partial charge on any atom is -0.286 e. The second-order valence-corrected chi connectivity index (χ2v) is 5.42. The molecule has 1 aromatic carbocycles. The van der Waals surface area contributed by atoms with Crippen molar-refractivity contribution in [3.63, 3.8) is 0 Å². The topological polar surface area (TPSA) is 102 Å². The van der Waals surface area contributed by atoms with Crippen LogP contribution in [0, 0.1) is 22.7 Å². The second kappa shape index (κ2) is 6.15. The summed E-state index contributed by atoms with van der Waals surface area (Å²) in [6.45, 7) is 0. The molecular formula is C12H12N2O3S. The molecule has 0 saturated heterocycles. The monoisotopic (exact) mass is 264 g/mol. The fraction of sp³-hybridized carbons (Fsp3) is 0.333. The molecule has 0 aromatic heterocycles. The second-order valence-electron chi connectivity index (χ2n) is 3.85. The summed E-state index contributed by atoms with van der Waals surface area (Å²) in [5.41, 5.74) is 1.53. The van der Waals surface area contributed by atoms with Gasteiger partial charge < -0.3 is 0 Å². The van der Waals surface area contributed by atoms with E-state index in [0.717, 1.165) is 5.56 Å². The molecule has 1 N–H and O–H groups in total. The molecule has 0 aliphatic carbocycles. The van der Waals surface area contributed by atoms with Crippen molar-refractivity contribution >= 4 is 10.1 Å². The molecule has 0 heterocycles. The number of hydrogen-bond acceptors (Lipinski definition) is 4. The molecule has 0 amide bonds. The number of unbranched alkanes of at least 4 members (excludes halogenated alkanes) is 1. The molecule has 0 spiro atoms. The third kappa shape index (κ3) is 4.54. The maximum absolute atomic E-state index is 10.5. The average Bonchev–Trinajstić information content (AvgIpc) is 2.33. The molecule has 0 fully saturated rings. The van der Waals surface area contributed by atoms with E-state index in [1.807, 2.05) is 12.1 Å². The molecule has 18 heavy (non-hydrogen) atoms. The standard InChI is InChI=1S/C12H12N2O3S/c13-8-11-5-4-10(7-12(11)9-14)3-1-2-6-18(15,16)17/h4-5,7H,1-3,6H2,(H,15,16,17). The smallest absolute Gasteiger partial charge is 0.264 e. The summed E-state index contributed by atoms with van der Waals surface area (Å²) in [6, 6.07) is 8.82. The van der Waals surface area contributed by atoms with Gasteiger partial charge in [-0.25, -0.2) is 0 Å². The Balaban J connectivity index is 2.60. The van der Waals surface area contributed by atoms with E-state index in [-0.39, 0.29) is 5.75 Å². The van der Waals surface area contributed by atoms with E-state index in [1.165, 1.54) is 0 Å². The van der Waals surface area contributed by atoms with Crippen LogP contribution in [0.15, 0.2) is 18.2 Å². The molecule has 0 aliphatic heterocycles. The summed E-state index contributed by atoms with van der Waals surface area (Å²) >= 11 is 0. The van der Waals surface area contributed by atoms with Gasteiger partial charge in [-0.15, -0.1) is 0 Å². The van der Waals surface area contributed by atoms with E-state index in [1.54, 1.807) is 18.2 Å². The van der Waals surface area contributed by atoms with Crippen molar-refractivity contribution in [2.75, 3.05) is 5.75 Å². The Labute approximate surface area is 106 Å². The van der Waals surface area contributed by atoms with Gasteiger partial charge in [0.25, 0.3) is 10.1 Å². The van der Waals surface area contributed by atoms with E-state index in [0.29, 0.717) is 30.4 Å². The fourth-order valence-electron chi connectivity index (χ4n) is 1.55. The number of nitriles is 2. The number of rotatable bonds is 5. The van der Waals surface area contributed by atoms with Gasteiger partial charge in [-0.1, -0.05) is 6.07 Å². The maximum Gasteiger partial charge on any atom is 0.264 e. The first kappa shape index (κ1) is 14.2. The summed E-state index contributed by atoms with van der Waals surface area (Å²) < 4.78 is 29.6. The average molecular weight is 264 g/mol. The van der Waals surface area contributed by atoms with Crippen LogP contribution in [0.5, 0.6) is 0 Å². The predicted octanol–water partition coefficient (Wildman–Crippen LogP) is 1.64. The van der Waals surface area contributed by atoms with Crippen LogP contribution >= 0.6 is 0 Å². The highest BCUT2D eigenvalue weighted by molar-refractivity contribution is 7.85. The van der Waals surface area contributed by atoms with Crippen molar-refractivity contribution < 1.29 is 13.0 Å². The van der Waals surface area contributed by atoms with Crippen LogP contribution in [-0.2, 0) is 16.5 Å². The number of aryl methyl sites for hydroxylation is 1. The summed E-state index contributed by atoms with van der Waals surface area (Å²) in [5.74, 6) is -0.256. The summed E-state index contributed by atoms with van der Waals surface area (Å²) in [6.07, 6.45) is 1.56. The highest BCUT2D eigenvalue weighted by atomic mass is 32.2. The molecular weight excluding hydrogens is 252 g/mol. The molecule has 5 nitrogen and oxygen atoms in total. The van der Waals surface area contributed by atoms with Crippen molar-refractivity contribution in [1.82, 2.24) is 0 Å². The predicted molar refractivity (Wildman–Crippen MR) is 65.2 cm³/mol. The van der Waals surface area contributed by atoms with Gasteiger partial charge in [-0.3, -0.25) is 4.55 Å². The van der Waals surface area contributed by atoms with Gasteiger partial charge in [0.1, 0.15) is 12.1 Å². The van der Waals surface area contributed by atoms with Crippen molar-refractivity contribution in [3.8, 4) is 12.1 Å². The van der Waals surface area contributed by atoms with Crippen LogP contribution in [0.3, 0.4) is 0 Å². The molecule has 0 aliphatic rings. The van der Waals surface area contributed by atoms with Gasteiger partial charge >= 0.3 is 0 Å². The normalized spacial score (nSPS) is 10.6. The molecule has 1 aromatic rings. The molecule has 6 heteroatoms. The van der Waals surface area contributed by atoms with Gasteiger partial charge in [0.2, 0.25) is 0 Å². The van der Waals surface area contributed by atoms with Gasteiger partial charge in [0.15, 0.2) is 0 Å². The molecule has 94 valence electrons. The van der Waals surface area contributed by atoms with E-state index < -0.39 is 10.1 Å². The zero-order valence-electron chi connectivity index (χ0n) is 9.63. The Hall–Kier alpha value is -1.89. The van der Waals surface area contributed by atoms with Gasteiger partial charge in [-0.05, 0) is 37.0 Å². The zero-order valence-corrected chi connectivity index (χ0v) is 10.4. The Morgan fingerprint density at radius 2 is 1.78 bits per heavy atom. The number of nitrogens with zero attached hydrogens (tertiary/aromatic N) is 2. The first-order chi connectivity index (χ1) is 8.46. The highest BCUT2D eigenvalue weighted by Crippen LogP contribution is 2.12. The highest BCUT2D eigenvalue weighted by Gasteiger charge is 2.05. The summed E-state index contributed by atoms with van der Waals surface area (Å²) in [7, 11) is -3.90. The quantitative estimate of drug-likeness (QED) is 0.643. The van der Waals surface area contributed by atoms with Crippen LogP contribution in [0.1, 0.15) is 29.5 Å². The first-order valence-corrected chi connectivity index (χ1v) is 6.95. The maximum atomic E-state index is 10.5. The van der Waals surface area contributed by atoms with Crippen molar-refractivity contribution in [2.45, 2.75) is 19.3 Å². The summed E-state index contributed by atoms with van der Waals surface area (Å²) in [5, 5.41) is 17.6. The minimum atomic E-state index is -3.90. The van der Waals surface area contributed by atoms with Crippen molar-refractivity contribution in [2.24, 2.45) is 0 Å². The lowest BCUT2D eigenvalue weighted by molar-refractivity contribution is 0.480. The molecule has 0 radical (unpaired) electrons. The Kier molecular flexibility index (Phi) is 4.85. The van der Waals surface area contributed by atoms with Crippen molar-refractivity contribution in [1.29, 1.82) is 10.5 Å². The minimum absolute atomic E-state index is 0.256. The molecule has 0 saturated carbocycles. The summed E-state index contributed by atoms with van der Waals surface area (Å²) in [4.78, 5) is 0. The van der Waals surface area contributed by atoms with Gasteiger partial charge in [0.05, 0.1) is 16.9 Å². The largest absolute Gasteiger partial charge is 0.286 e. The van der Waals surface area contributed by atoms with Crippen molar-refractivity contribution in [3.05, 3.63) is 34.9 Å². The Morgan fingerprint density at radius 3 is 2.33 bits per heavy atom. The lowest BCUT2D eigenvalue weighted by Gasteiger charge is -2.02. The fourth-order valence-corrected chi connectivity index (χ4v) is 2.12. The molecule has 0 unspecified atom stereocenters. The van der Waals surface area contributed by atoms with Gasteiger partial charge in [-0.2, -0.15) is 18.9 Å². The Morgan fingerprint density at radius 1 is 1.11 bits per heavy atom. The third-order valence-corrected chi connectivity index (χ3v) is 3.25. The molecule has 1 rings (SSSR count). The number of benzene rings is 1. The third-order valence-electron chi connectivity index (χ3n) is 2.44. The lowest BCUT2D eigenvalue weighted by Crippen LogP contribution is -2.04. The van der Waals surface area contributed by atoms with E-state index in [9.17, 15) is 8.42 Å². The van der Waals surface area contributed by atoms with Crippen LogP contribution in [-0.4, -0.2) is 18.7 Å². The number of hydrogen-bond donors (Lipinski definition) is 1. The van der Waals surface area contributed by atoms with E-state index in [2.05, 4.69) is 0 Å². The van der Waals surface area contributed by atoms with E-state index in [4.69, 9.17) is 15.1 Å². The SMILES string of the molecule is N#Cc1ccc(CCCCS(=O)(=O)O)cc1C#N. The van der Waals surface area contributed by atoms with Crippen LogP contribution in [0.2, 0.25) is 0 Å². The van der Waals surface area contributed by atoms with Crippen LogP contribution < -0.4 is 0 Å². The zero-order chi connectivity index (χ0) is 13.6.